The highest BCUT2D eigenvalue weighted by Crippen LogP contribution is 2.19. The van der Waals surface area contributed by atoms with Gasteiger partial charge in [0.2, 0.25) is 11.8 Å². The van der Waals surface area contributed by atoms with Crippen molar-refractivity contribution in [1.82, 2.24) is 15.2 Å². The van der Waals surface area contributed by atoms with E-state index >= 15 is 0 Å². The molecule has 0 aromatic carbocycles. The SMILES string of the molecule is O=C(CN1CCCC1=O)N[C@H]1COC[C@H]1Cc1ccncc1. The molecule has 1 aromatic rings. The third-order valence-corrected chi connectivity index (χ3v) is 4.30. The number of likely N-dealkylation sites (tertiary alicyclic amines) is 1. The van der Waals surface area contributed by atoms with Crippen LogP contribution < -0.4 is 5.32 Å². The highest BCUT2D eigenvalue weighted by molar-refractivity contribution is 5.86. The number of nitrogens with zero attached hydrogens (tertiary/aromatic N) is 2. The van der Waals surface area contributed by atoms with Crippen LogP contribution in [-0.2, 0) is 20.7 Å². The Morgan fingerprint density at radius 3 is 2.91 bits per heavy atom. The first-order valence-electron chi connectivity index (χ1n) is 7.76. The molecule has 1 aromatic heterocycles. The number of carbonyl (C=O) groups excluding carboxylic acids is 2. The zero-order chi connectivity index (χ0) is 15.4. The Kier molecular flexibility index (Phi) is 4.68. The lowest BCUT2D eigenvalue weighted by Crippen LogP contribution is -2.45. The summed E-state index contributed by atoms with van der Waals surface area (Å²) < 4.78 is 5.52. The van der Waals surface area contributed by atoms with Gasteiger partial charge in [-0.05, 0) is 30.5 Å². The van der Waals surface area contributed by atoms with E-state index < -0.39 is 0 Å². The molecule has 6 heteroatoms. The van der Waals surface area contributed by atoms with Gasteiger partial charge in [0.15, 0.2) is 0 Å². The van der Waals surface area contributed by atoms with Crippen molar-refractivity contribution in [2.24, 2.45) is 5.92 Å². The number of amides is 2. The maximum absolute atomic E-state index is 12.1. The lowest BCUT2D eigenvalue weighted by molar-refractivity contribution is -0.133. The second-order valence-electron chi connectivity index (χ2n) is 5.95. The van der Waals surface area contributed by atoms with Crippen LogP contribution in [0.1, 0.15) is 18.4 Å². The van der Waals surface area contributed by atoms with Gasteiger partial charge in [0.05, 0.1) is 25.8 Å². The number of aromatic nitrogens is 1. The van der Waals surface area contributed by atoms with Crippen LogP contribution in [0.4, 0.5) is 0 Å². The molecule has 1 N–H and O–H groups in total. The van der Waals surface area contributed by atoms with E-state index in [0.717, 1.165) is 12.8 Å². The van der Waals surface area contributed by atoms with E-state index in [1.54, 1.807) is 17.3 Å². The highest BCUT2D eigenvalue weighted by Gasteiger charge is 2.31. The van der Waals surface area contributed by atoms with Gasteiger partial charge in [0, 0.05) is 31.3 Å². The van der Waals surface area contributed by atoms with Gasteiger partial charge < -0.3 is 15.0 Å². The third kappa shape index (κ3) is 3.62. The van der Waals surface area contributed by atoms with Crippen molar-refractivity contribution in [3.63, 3.8) is 0 Å². The minimum Gasteiger partial charge on any atom is -0.379 e. The number of ether oxygens (including phenoxy) is 1. The van der Waals surface area contributed by atoms with Crippen LogP contribution in [0.15, 0.2) is 24.5 Å². The molecule has 0 unspecified atom stereocenters. The molecule has 2 saturated heterocycles. The second kappa shape index (κ2) is 6.87. The second-order valence-corrected chi connectivity index (χ2v) is 5.95. The fraction of sp³-hybridized carbons (Fsp3) is 0.562. The van der Waals surface area contributed by atoms with Crippen molar-refractivity contribution in [3.8, 4) is 0 Å². The molecule has 0 bridgehead atoms. The first-order chi connectivity index (χ1) is 10.7. The molecule has 0 aliphatic carbocycles. The van der Waals surface area contributed by atoms with Gasteiger partial charge in [-0.2, -0.15) is 0 Å². The lowest BCUT2D eigenvalue weighted by atomic mass is 9.95. The lowest BCUT2D eigenvalue weighted by Gasteiger charge is -2.21. The topological polar surface area (TPSA) is 71.5 Å². The highest BCUT2D eigenvalue weighted by atomic mass is 16.5. The van der Waals surface area contributed by atoms with E-state index in [9.17, 15) is 9.59 Å². The third-order valence-electron chi connectivity index (χ3n) is 4.30. The zero-order valence-electron chi connectivity index (χ0n) is 12.5. The molecular weight excluding hydrogens is 282 g/mol. The van der Waals surface area contributed by atoms with Crippen LogP contribution in [0.25, 0.3) is 0 Å². The van der Waals surface area contributed by atoms with E-state index in [0.29, 0.717) is 26.2 Å². The summed E-state index contributed by atoms with van der Waals surface area (Å²) in [6, 6.07) is 3.98. The summed E-state index contributed by atoms with van der Waals surface area (Å²) >= 11 is 0. The summed E-state index contributed by atoms with van der Waals surface area (Å²) in [5.74, 6) is 0.247. The van der Waals surface area contributed by atoms with Gasteiger partial charge in [-0.15, -0.1) is 0 Å². The van der Waals surface area contributed by atoms with Crippen molar-refractivity contribution in [2.45, 2.75) is 25.3 Å². The summed E-state index contributed by atoms with van der Waals surface area (Å²) in [6.45, 7) is 2.04. The molecule has 2 aliphatic rings. The van der Waals surface area contributed by atoms with Crippen LogP contribution in [0.5, 0.6) is 0 Å². The Morgan fingerprint density at radius 2 is 2.18 bits per heavy atom. The Morgan fingerprint density at radius 1 is 1.36 bits per heavy atom. The van der Waals surface area contributed by atoms with Crippen molar-refractivity contribution in [3.05, 3.63) is 30.1 Å². The number of hydrogen-bond acceptors (Lipinski definition) is 4. The summed E-state index contributed by atoms with van der Waals surface area (Å²) in [7, 11) is 0. The predicted molar refractivity (Wildman–Crippen MR) is 80.0 cm³/mol. The average molecular weight is 303 g/mol. The van der Waals surface area contributed by atoms with Crippen LogP contribution in [0, 0.1) is 5.92 Å². The maximum Gasteiger partial charge on any atom is 0.239 e. The van der Waals surface area contributed by atoms with E-state index in [1.807, 2.05) is 12.1 Å². The Hall–Kier alpha value is -1.95. The van der Waals surface area contributed by atoms with Crippen LogP contribution in [-0.4, -0.2) is 54.0 Å². The van der Waals surface area contributed by atoms with Gasteiger partial charge in [-0.25, -0.2) is 0 Å². The molecule has 6 nitrogen and oxygen atoms in total. The number of hydrogen-bond donors (Lipinski definition) is 1. The predicted octanol–water partition coefficient (Wildman–Crippen LogP) is 0.378. The largest absolute Gasteiger partial charge is 0.379 e. The number of rotatable bonds is 5. The fourth-order valence-corrected chi connectivity index (χ4v) is 3.08. The quantitative estimate of drug-likeness (QED) is 0.853. The fourth-order valence-electron chi connectivity index (χ4n) is 3.08. The number of carbonyl (C=O) groups is 2. The first kappa shape index (κ1) is 15.0. The van der Waals surface area contributed by atoms with Gasteiger partial charge in [0.1, 0.15) is 0 Å². The number of pyridine rings is 1. The Labute approximate surface area is 129 Å². The molecule has 0 spiro atoms. The molecule has 3 heterocycles. The van der Waals surface area contributed by atoms with Gasteiger partial charge >= 0.3 is 0 Å². The minimum atomic E-state index is -0.0921. The van der Waals surface area contributed by atoms with Crippen molar-refractivity contribution >= 4 is 11.8 Å². The molecule has 118 valence electrons. The standard InChI is InChI=1S/C16H21N3O3/c20-15(9-19-7-1-2-16(19)21)18-14-11-22-10-13(14)8-12-3-5-17-6-4-12/h3-6,13-14H,1-2,7-11H2,(H,18,20)/t13-,14+/m1/s1. The van der Waals surface area contributed by atoms with Crippen molar-refractivity contribution < 1.29 is 14.3 Å². The molecule has 3 rings (SSSR count). The smallest absolute Gasteiger partial charge is 0.239 e. The van der Waals surface area contributed by atoms with Crippen molar-refractivity contribution in [2.75, 3.05) is 26.3 Å². The molecule has 2 amide bonds. The number of nitrogens with one attached hydrogen (secondary N) is 1. The summed E-state index contributed by atoms with van der Waals surface area (Å²) in [5, 5.41) is 3.02. The van der Waals surface area contributed by atoms with Crippen LogP contribution in [0.2, 0.25) is 0 Å². The Balaban J connectivity index is 1.52. The molecule has 0 saturated carbocycles. The van der Waals surface area contributed by atoms with Crippen LogP contribution in [0.3, 0.4) is 0 Å². The summed E-state index contributed by atoms with van der Waals surface area (Å²) in [4.78, 5) is 29.3. The van der Waals surface area contributed by atoms with E-state index in [2.05, 4.69) is 10.3 Å². The zero-order valence-corrected chi connectivity index (χ0v) is 12.5. The minimum absolute atomic E-state index is 0.0124. The molecule has 0 radical (unpaired) electrons. The van der Waals surface area contributed by atoms with E-state index in [-0.39, 0.29) is 30.3 Å². The van der Waals surface area contributed by atoms with E-state index in [4.69, 9.17) is 4.74 Å². The molecular formula is C16H21N3O3. The monoisotopic (exact) mass is 303 g/mol. The van der Waals surface area contributed by atoms with Crippen molar-refractivity contribution in [1.29, 1.82) is 0 Å². The maximum atomic E-state index is 12.1. The Bertz CT molecular complexity index is 535. The molecule has 2 atom stereocenters. The van der Waals surface area contributed by atoms with Gasteiger partial charge in [-0.1, -0.05) is 0 Å². The normalized spacial score (nSPS) is 24.7. The average Bonchev–Trinajstić information content (AvgIpc) is 3.10. The first-order valence-corrected chi connectivity index (χ1v) is 7.76. The van der Waals surface area contributed by atoms with Crippen LogP contribution >= 0.6 is 0 Å². The molecule has 2 fully saturated rings. The van der Waals surface area contributed by atoms with Gasteiger partial charge in [0.25, 0.3) is 0 Å². The molecule has 2 aliphatic heterocycles. The van der Waals surface area contributed by atoms with E-state index in [1.165, 1.54) is 5.56 Å². The summed E-state index contributed by atoms with van der Waals surface area (Å²) in [6.07, 6.45) is 5.82. The molecule has 22 heavy (non-hydrogen) atoms. The van der Waals surface area contributed by atoms with Gasteiger partial charge in [-0.3, -0.25) is 14.6 Å². The summed E-state index contributed by atoms with van der Waals surface area (Å²) in [5.41, 5.74) is 1.19.